The van der Waals surface area contributed by atoms with E-state index in [0.29, 0.717) is 5.92 Å². The van der Waals surface area contributed by atoms with Crippen molar-refractivity contribution in [1.29, 1.82) is 5.26 Å². The van der Waals surface area contributed by atoms with Crippen molar-refractivity contribution in [2.75, 3.05) is 20.1 Å². The van der Waals surface area contributed by atoms with Crippen molar-refractivity contribution in [2.45, 2.75) is 104 Å². The molecule has 6 nitrogen and oxygen atoms in total. The van der Waals surface area contributed by atoms with Gasteiger partial charge in [-0.2, -0.15) is 15.5 Å². The molecule has 0 aliphatic rings. The Kier molecular flexibility index (Phi) is 11.1. The number of aromatic nitrogens is 4. The summed E-state index contributed by atoms with van der Waals surface area (Å²) in [6.45, 7) is 13.1. The van der Waals surface area contributed by atoms with Crippen molar-refractivity contribution in [2.24, 2.45) is 20.0 Å². The van der Waals surface area contributed by atoms with E-state index in [1.165, 1.54) is 65.3 Å². The summed E-state index contributed by atoms with van der Waals surface area (Å²) in [5.74, 6) is 0.650. The van der Waals surface area contributed by atoms with Crippen LogP contribution in [0.15, 0.2) is 36.4 Å². The summed E-state index contributed by atoms with van der Waals surface area (Å²) in [5, 5.41) is 22.8. The van der Waals surface area contributed by atoms with Crippen LogP contribution in [0.5, 0.6) is 0 Å². The van der Waals surface area contributed by atoms with Gasteiger partial charge in [0, 0.05) is 37.3 Å². The van der Waals surface area contributed by atoms with Gasteiger partial charge in [-0.05, 0) is 74.9 Å². The Balaban J connectivity index is 1.41. The Morgan fingerprint density at radius 3 is 2.30 bits per heavy atom. The lowest BCUT2D eigenvalue weighted by atomic mass is 9.69. The van der Waals surface area contributed by atoms with Crippen molar-refractivity contribution in [3.8, 4) is 6.07 Å². The van der Waals surface area contributed by atoms with Crippen LogP contribution in [0, 0.1) is 17.2 Å². The molecule has 4 aromatic rings. The Labute approximate surface area is 260 Å². The maximum Gasteiger partial charge on any atom is 0.0846 e. The van der Waals surface area contributed by atoms with Gasteiger partial charge in [0.1, 0.15) is 0 Å². The van der Waals surface area contributed by atoms with Crippen LogP contribution >= 0.6 is 0 Å². The highest BCUT2D eigenvalue weighted by Gasteiger charge is 2.36. The van der Waals surface area contributed by atoms with E-state index in [9.17, 15) is 5.26 Å². The van der Waals surface area contributed by atoms with Gasteiger partial charge >= 0.3 is 0 Å². The standard InChI is InChI=1S/C37H54N6/c1-9-11-12-13-15-28(5)36-32-19-17-30(25-35(32)43(8)40-36)37(26-38,27(3)4)21-14-22-41(6)23-20-29-16-18-31-33(10-2)39-42(7)34(31)24-29/h16-19,24-25,27-28H,9-15,20-23H2,1-8H3. The summed E-state index contributed by atoms with van der Waals surface area (Å²) >= 11 is 0. The van der Waals surface area contributed by atoms with Gasteiger partial charge in [-0.25, -0.2) is 0 Å². The van der Waals surface area contributed by atoms with Crippen LogP contribution in [-0.2, 0) is 32.4 Å². The molecule has 0 saturated carbocycles. The second-order valence-corrected chi connectivity index (χ2v) is 13.2. The molecule has 232 valence electrons. The lowest BCUT2D eigenvalue weighted by Crippen LogP contribution is -2.32. The third kappa shape index (κ3) is 7.15. The lowest BCUT2D eigenvalue weighted by Gasteiger charge is -2.32. The van der Waals surface area contributed by atoms with E-state index in [1.54, 1.807) is 0 Å². The topological polar surface area (TPSA) is 62.7 Å². The minimum absolute atomic E-state index is 0.212. The van der Waals surface area contributed by atoms with Gasteiger partial charge in [-0.1, -0.05) is 84.6 Å². The van der Waals surface area contributed by atoms with Crippen molar-refractivity contribution in [1.82, 2.24) is 24.5 Å². The molecule has 0 fully saturated rings. The number of rotatable bonds is 16. The number of benzene rings is 2. The van der Waals surface area contributed by atoms with Gasteiger partial charge in [-0.15, -0.1) is 0 Å². The zero-order valence-corrected chi connectivity index (χ0v) is 28.1. The highest BCUT2D eigenvalue weighted by Crippen LogP contribution is 2.39. The van der Waals surface area contributed by atoms with E-state index in [4.69, 9.17) is 5.10 Å². The minimum Gasteiger partial charge on any atom is -0.306 e. The van der Waals surface area contributed by atoms with Gasteiger partial charge in [0.25, 0.3) is 0 Å². The second-order valence-electron chi connectivity index (χ2n) is 13.2. The molecule has 0 radical (unpaired) electrons. The van der Waals surface area contributed by atoms with Gasteiger partial charge in [-0.3, -0.25) is 9.36 Å². The predicted octanol–water partition coefficient (Wildman–Crippen LogP) is 8.47. The number of fused-ring (bicyclic) bond motifs is 2. The average molecular weight is 583 g/mol. The fourth-order valence-corrected chi connectivity index (χ4v) is 6.81. The zero-order valence-electron chi connectivity index (χ0n) is 28.1. The molecule has 0 saturated heterocycles. The maximum absolute atomic E-state index is 10.6. The summed E-state index contributed by atoms with van der Waals surface area (Å²) in [6, 6.07) is 16.3. The lowest BCUT2D eigenvalue weighted by molar-refractivity contribution is 0.294. The fraction of sp³-hybridized carbons (Fsp3) is 0.595. The Morgan fingerprint density at radius 1 is 0.884 bits per heavy atom. The van der Waals surface area contributed by atoms with Crippen LogP contribution in [0.1, 0.15) is 108 Å². The number of hydrogen-bond acceptors (Lipinski definition) is 4. The Bertz CT molecular complexity index is 1540. The summed E-state index contributed by atoms with van der Waals surface area (Å²) in [7, 11) is 6.29. The molecule has 0 N–H and O–H groups in total. The molecule has 2 heterocycles. The number of nitrogens with zero attached hydrogens (tertiary/aromatic N) is 6. The first-order valence-corrected chi connectivity index (χ1v) is 16.7. The van der Waals surface area contributed by atoms with Gasteiger partial charge < -0.3 is 4.90 Å². The third-order valence-corrected chi connectivity index (χ3v) is 9.76. The van der Waals surface area contributed by atoms with Gasteiger partial charge in [0.15, 0.2) is 0 Å². The molecule has 4 rings (SSSR count). The van der Waals surface area contributed by atoms with Gasteiger partial charge in [0.05, 0.1) is 33.9 Å². The Morgan fingerprint density at radius 2 is 1.60 bits per heavy atom. The van der Waals surface area contributed by atoms with Crippen LogP contribution < -0.4 is 0 Å². The number of aryl methyl sites for hydroxylation is 3. The largest absolute Gasteiger partial charge is 0.306 e. The molecule has 2 atom stereocenters. The summed E-state index contributed by atoms with van der Waals surface area (Å²) in [4.78, 5) is 2.41. The van der Waals surface area contributed by atoms with E-state index >= 15 is 0 Å². The minimum atomic E-state index is -0.521. The van der Waals surface area contributed by atoms with Crippen molar-refractivity contribution < 1.29 is 0 Å². The fourth-order valence-electron chi connectivity index (χ4n) is 6.81. The van der Waals surface area contributed by atoms with Crippen molar-refractivity contribution in [3.63, 3.8) is 0 Å². The van der Waals surface area contributed by atoms with Crippen LogP contribution in [0.3, 0.4) is 0 Å². The summed E-state index contributed by atoms with van der Waals surface area (Å²) in [5.41, 5.74) is 6.67. The third-order valence-electron chi connectivity index (χ3n) is 9.76. The van der Waals surface area contributed by atoms with E-state index in [0.717, 1.165) is 49.9 Å². The highest BCUT2D eigenvalue weighted by atomic mass is 15.3. The molecular weight excluding hydrogens is 528 g/mol. The molecule has 2 aromatic carbocycles. The molecule has 0 aliphatic carbocycles. The Hall–Kier alpha value is -3.17. The van der Waals surface area contributed by atoms with E-state index in [2.05, 4.69) is 94.1 Å². The number of unbranched alkanes of at least 4 members (excludes halogenated alkanes) is 3. The van der Waals surface area contributed by atoms with Crippen molar-refractivity contribution in [3.05, 3.63) is 58.9 Å². The molecule has 0 aliphatic heterocycles. The number of hydrogen-bond donors (Lipinski definition) is 0. The highest BCUT2D eigenvalue weighted by molar-refractivity contribution is 5.84. The molecule has 0 amide bonds. The SMILES string of the molecule is CCCCCCC(C)c1nn(C)c2cc(C(C#N)(CCCN(C)CCc3ccc4c(CC)nn(C)c4c3)C(C)C)ccc12. The van der Waals surface area contributed by atoms with Crippen molar-refractivity contribution >= 4 is 21.8 Å². The normalized spacial score (nSPS) is 14.2. The van der Waals surface area contributed by atoms with Crippen LogP contribution in [0.25, 0.3) is 21.8 Å². The summed E-state index contributed by atoms with van der Waals surface area (Å²) in [6.07, 6.45) is 10.1. The van der Waals surface area contributed by atoms with E-state index in [1.807, 2.05) is 23.5 Å². The van der Waals surface area contributed by atoms with E-state index < -0.39 is 5.41 Å². The van der Waals surface area contributed by atoms with Crippen LogP contribution in [-0.4, -0.2) is 44.6 Å². The average Bonchev–Trinajstić information content (AvgIpc) is 3.51. The molecular formula is C37H54N6. The molecule has 0 spiro atoms. The molecule has 43 heavy (non-hydrogen) atoms. The molecule has 0 bridgehead atoms. The summed E-state index contributed by atoms with van der Waals surface area (Å²) < 4.78 is 4.03. The number of likely N-dealkylation sites (N-methyl/N-ethyl adjacent to an activating group) is 1. The maximum atomic E-state index is 10.6. The van der Waals surface area contributed by atoms with Crippen LogP contribution in [0.4, 0.5) is 0 Å². The molecule has 2 unspecified atom stereocenters. The van der Waals surface area contributed by atoms with Gasteiger partial charge in [0.2, 0.25) is 0 Å². The van der Waals surface area contributed by atoms with Crippen LogP contribution in [0.2, 0.25) is 0 Å². The molecule has 2 aromatic heterocycles. The first-order chi connectivity index (χ1) is 20.6. The first-order valence-electron chi connectivity index (χ1n) is 16.7. The zero-order chi connectivity index (χ0) is 31.1. The predicted molar refractivity (Wildman–Crippen MR) is 181 cm³/mol. The smallest absolute Gasteiger partial charge is 0.0846 e. The quantitative estimate of drug-likeness (QED) is 0.124. The molecule has 6 heteroatoms. The second kappa shape index (κ2) is 14.5. The first kappa shape index (κ1) is 32.7. The number of nitriles is 1. The monoisotopic (exact) mass is 582 g/mol. The van der Waals surface area contributed by atoms with E-state index in [-0.39, 0.29) is 5.92 Å².